The Morgan fingerprint density at radius 1 is 0.776 bits per heavy atom. The first-order valence-electron chi connectivity index (χ1n) is 17.0. The third-order valence-electron chi connectivity index (χ3n) is 8.88. The number of fused-ring (bicyclic) bond motifs is 3. The average molecular weight is 826 g/mol. The van der Waals surface area contributed by atoms with E-state index in [0.29, 0.717) is 11.5 Å². The van der Waals surface area contributed by atoms with Gasteiger partial charge in [-0.05, 0) is 78.9 Å². The van der Waals surface area contributed by atoms with Gasteiger partial charge in [-0.1, -0.05) is 87.7 Å². The van der Waals surface area contributed by atoms with E-state index in [1.165, 1.54) is 22.4 Å². The number of pyridine rings is 1. The second-order valence-electron chi connectivity index (χ2n) is 14.0. The number of nitrogens with zero attached hydrogens (tertiary/aromatic N) is 4. The fourth-order valence-corrected chi connectivity index (χ4v) is 6.44. The standard InChI is InChI=1S/C43H42N4O.Pt/c1-7-11-37-42(31-18-16-29(2)17-19-31)39(22-24-43(4,5)6)47(45-37)32-12-10-13-33(27-32)48-34-20-21-36-35-14-8-9-15-38(35)46(40(36)28-34)41-26-30(3)23-25-44-41;/h8-10,12-21,23,25-26H,7,11,22,24H2,1-6H3;/q-2;+2. The first-order valence-corrected chi connectivity index (χ1v) is 17.0. The fourth-order valence-electron chi connectivity index (χ4n) is 6.44. The van der Waals surface area contributed by atoms with Crippen LogP contribution >= 0.6 is 0 Å². The quantitative estimate of drug-likeness (QED) is 0.136. The van der Waals surface area contributed by atoms with Crippen LogP contribution in [0.4, 0.5) is 0 Å². The van der Waals surface area contributed by atoms with Crippen molar-refractivity contribution in [2.45, 2.75) is 67.2 Å². The van der Waals surface area contributed by atoms with E-state index in [-0.39, 0.29) is 26.5 Å². The van der Waals surface area contributed by atoms with E-state index < -0.39 is 0 Å². The van der Waals surface area contributed by atoms with Crippen molar-refractivity contribution >= 4 is 21.8 Å². The van der Waals surface area contributed by atoms with Crippen LogP contribution < -0.4 is 4.74 Å². The molecule has 4 aromatic carbocycles. The number of benzene rings is 4. The topological polar surface area (TPSA) is 44.9 Å². The molecule has 0 bridgehead atoms. The molecule has 0 unspecified atom stereocenters. The monoisotopic (exact) mass is 825 g/mol. The number of aryl methyl sites for hydroxylation is 3. The summed E-state index contributed by atoms with van der Waals surface area (Å²) in [6.45, 7) is 13.3. The zero-order valence-electron chi connectivity index (χ0n) is 29.1. The minimum Gasteiger partial charge on any atom is -0.509 e. The van der Waals surface area contributed by atoms with Gasteiger partial charge in [-0.25, -0.2) is 4.98 Å². The molecule has 5 nitrogen and oxygen atoms in total. The molecule has 0 N–H and O–H groups in total. The molecule has 0 aliphatic rings. The molecule has 49 heavy (non-hydrogen) atoms. The van der Waals surface area contributed by atoms with E-state index in [1.54, 1.807) is 0 Å². The summed E-state index contributed by atoms with van der Waals surface area (Å²) in [7, 11) is 0. The number of para-hydroxylation sites is 1. The molecule has 0 spiro atoms. The summed E-state index contributed by atoms with van der Waals surface area (Å²) in [5.74, 6) is 2.09. The summed E-state index contributed by atoms with van der Waals surface area (Å²) in [6, 6.07) is 38.7. The molecule has 7 aromatic rings. The predicted octanol–water partition coefficient (Wildman–Crippen LogP) is 11.0. The molecule has 0 aliphatic heterocycles. The summed E-state index contributed by atoms with van der Waals surface area (Å²) in [5.41, 5.74) is 10.3. The molecular weight excluding hydrogens is 784 g/mol. The first-order chi connectivity index (χ1) is 23.2. The third kappa shape index (κ3) is 7.14. The van der Waals surface area contributed by atoms with Gasteiger partial charge in [0.05, 0.1) is 5.69 Å². The molecule has 3 heterocycles. The summed E-state index contributed by atoms with van der Waals surface area (Å²) in [4.78, 5) is 4.71. The van der Waals surface area contributed by atoms with Gasteiger partial charge in [0.2, 0.25) is 0 Å². The van der Waals surface area contributed by atoms with Crippen molar-refractivity contribution in [3.05, 3.63) is 132 Å². The molecule has 250 valence electrons. The van der Waals surface area contributed by atoms with Gasteiger partial charge in [0.15, 0.2) is 0 Å². The fraction of sp³-hybridized carbons (Fsp3) is 0.256. The smallest absolute Gasteiger partial charge is 0.509 e. The Bertz CT molecular complexity index is 2240. The van der Waals surface area contributed by atoms with Crippen LogP contribution in [0.1, 0.15) is 63.1 Å². The van der Waals surface area contributed by atoms with E-state index in [0.717, 1.165) is 70.3 Å². The van der Waals surface area contributed by atoms with Gasteiger partial charge in [0, 0.05) is 34.5 Å². The maximum Gasteiger partial charge on any atom is 2.00 e. The molecule has 0 aliphatic carbocycles. The Balaban J connectivity index is 0.00000417. The molecule has 0 atom stereocenters. The number of hydrogen-bond acceptors (Lipinski definition) is 3. The van der Waals surface area contributed by atoms with E-state index >= 15 is 0 Å². The summed E-state index contributed by atoms with van der Waals surface area (Å²) < 4.78 is 10.8. The second kappa shape index (κ2) is 14.2. The van der Waals surface area contributed by atoms with Crippen molar-refractivity contribution in [2.75, 3.05) is 0 Å². The summed E-state index contributed by atoms with van der Waals surface area (Å²) in [6.07, 6.45) is 5.73. The van der Waals surface area contributed by atoms with E-state index in [2.05, 4.69) is 130 Å². The molecule has 6 heteroatoms. The Kier molecular flexibility index (Phi) is 9.95. The van der Waals surface area contributed by atoms with Crippen molar-refractivity contribution in [1.29, 1.82) is 0 Å². The zero-order chi connectivity index (χ0) is 33.4. The SMILES string of the molecule is CCCc1nn(-c2[c-]c(Oc3[c-]c4c(cc3)c3ccccc3n4-c3cc(C)ccn3)ccc2)c(CCC(C)(C)C)c1-c1ccc(C)cc1.[Pt+2]. The maximum absolute atomic E-state index is 6.51. The van der Waals surface area contributed by atoms with Crippen molar-refractivity contribution in [1.82, 2.24) is 19.3 Å². The van der Waals surface area contributed by atoms with Crippen LogP contribution in [-0.2, 0) is 33.9 Å². The van der Waals surface area contributed by atoms with E-state index in [1.807, 2.05) is 30.5 Å². The van der Waals surface area contributed by atoms with Crippen LogP contribution in [0.15, 0.2) is 97.2 Å². The third-order valence-corrected chi connectivity index (χ3v) is 8.88. The Labute approximate surface area is 304 Å². The number of ether oxygens (including phenoxy) is 1. The van der Waals surface area contributed by atoms with Crippen molar-refractivity contribution in [3.63, 3.8) is 0 Å². The Morgan fingerprint density at radius 3 is 2.31 bits per heavy atom. The minimum absolute atomic E-state index is 0. The molecule has 0 saturated carbocycles. The molecule has 0 fully saturated rings. The number of aromatic nitrogens is 4. The molecule has 0 amide bonds. The number of rotatable bonds is 9. The molecule has 0 radical (unpaired) electrons. The van der Waals surface area contributed by atoms with Crippen LogP contribution in [0.3, 0.4) is 0 Å². The molecule has 7 rings (SSSR count). The normalized spacial score (nSPS) is 11.6. The molecule has 0 saturated heterocycles. The summed E-state index contributed by atoms with van der Waals surface area (Å²) in [5, 5.41) is 7.50. The van der Waals surface area contributed by atoms with Crippen LogP contribution in [0, 0.1) is 31.4 Å². The van der Waals surface area contributed by atoms with E-state index in [9.17, 15) is 0 Å². The first kappa shape index (κ1) is 34.4. The number of hydrogen-bond donors (Lipinski definition) is 0. The largest absolute Gasteiger partial charge is 2.00 e. The Hall–Kier alpha value is -4.47. The van der Waals surface area contributed by atoms with Crippen molar-refractivity contribution in [3.8, 4) is 34.1 Å². The van der Waals surface area contributed by atoms with Gasteiger partial charge in [-0.3, -0.25) is 4.68 Å². The van der Waals surface area contributed by atoms with Crippen molar-refractivity contribution < 1.29 is 25.8 Å². The molecular formula is C43H42N4OPt. The zero-order valence-corrected chi connectivity index (χ0v) is 31.4. The van der Waals surface area contributed by atoms with Crippen molar-refractivity contribution in [2.24, 2.45) is 5.41 Å². The minimum atomic E-state index is 0. The summed E-state index contributed by atoms with van der Waals surface area (Å²) >= 11 is 0. The van der Waals surface area contributed by atoms with Crippen LogP contribution in [0.5, 0.6) is 11.5 Å². The van der Waals surface area contributed by atoms with E-state index in [4.69, 9.17) is 14.8 Å². The maximum atomic E-state index is 6.51. The van der Waals surface area contributed by atoms with Gasteiger partial charge >= 0.3 is 21.1 Å². The van der Waals surface area contributed by atoms with Crippen LogP contribution in [-0.4, -0.2) is 19.3 Å². The predicted molar refractivity (Wildman–Crippen MR) is 197 cm³/mol. The van der Waals surface area contributed by atoms with Gasteiger partial charge in [0.1, 0.15) is 5.82 Å². The average Bonchev–Trinajstić information content (AvgIpc) is 3.59. The van der Waals surface area contributed by atoms with Gasteiger partial charge in [-0.15, -0.1) is 35.7 Å². The molecule has 3 aromatic heterocycles. The second-order valence-corrected chi connectivity index (χ2v) is 14.0. The van der Waals surface area contributed by atoms with Gasteiger partial charge < -0.3 is 9.30 Å². The van der Waals surface area contributed by atoms with Crippen LogP contribution in [0.2, 0.25) is 0 Å². The Morgan fingerprint density at radius 2 is 1.55 bits per heavy atom. The van der Waals surface area contributed by atoms with Crippen LogP contribution in [0.25, 0.3) is 44.4 Å². The van der Waals surface area contributed by atoms with Gasteiger partial charge in [-0.2, -0.15) is 17.2 Å². The van der Waals surface area contributed by atoms with Gasteiger partial charge in [0.25, 0.3) is 0 Å².